The van der Waals surface area contributed by atoms with Gasteiger partial charge in [-0.15, -0.1) is 0 Å². The molecule has 0 spiro atoms. The van der Waals surface area contributed by atoms with Crippen molar-refractivity contribution in [2.45, 2.75) is 39.3 Å². The molecule has 0 radical (unpaired) electrons. The van der Waals surface area contributed by atoms with Gasteiger partial charge in [0.2, 0.25) is 0 Å². The topological polar surface area (TPSA) is 76.2 Å². The summed E-state index contributed by atoms with van der Waals surface area (Å²) in [7, 11) is 0. The van der Waals surface area contributed by atoms with Crippen LogP contribution in [-0.2, 0) is 6.54 Å². The third kappa shape index (κ3) is 3.55. The average molecular weight is 281 g/mol. The van der Waals surface area contributed by atoms with Gasteiger partial charge in [0.15, 0.2) is 5.82 Å². The van der Waals surface area contributed by atoms with E-state index in [-0.39, 0.29) is 10.7 Å². The highest BCUT2D eigenvalue weighted by Gasteiger charge is 2.20. The first-order valence-corrected chi connectivity index (χ1v) is 7.24. The summed E-state index contributed by atoms with van der Waals surface area (Å²) < 4.78 is 1.69. The summed E-state index contributed by atoms with van der Waals surface area (Å²) in [6.07, 6.45) is 3.80. The van der Waals surface area contributed by atoms with E-state index >= 15 is 0 Å². The number of aromatic nitrogens is 2. The van der Waals surface area contributed by atoms with E-state index in [1.807, 2.05) is 6.92 Å². The Balaban J connectivity index is 1.92. The fourth-order valence-electron chi connectivity index (χ4n) is 2.72. The maximum Gasteiger partial charge on any atom is 0.342 e. The highest BCUT2D eigenvalue weighted by molar-refractivity contribution is 5.18. The van der Waals surface area contributed by atoms with Crippen molar-refractivity contribution in [1.82, 2.24) is 19.8 Å². The molecule has 2 rings (SSSR count). The Morgan fingerprint density at radius 1 is 1.65 bits per heavy atom. The highest BCUT2D eigenvalue weighted by Crippen LogP contribution is 2.14. The van der Waals surface area contributed by atoms with Crippen LogP contribution in [0.4, 0.5) is 5.82 Å². The number of nitrogens with one attached hydrogen (secondary N) is 1. The summed E-state index contributed by atoms with van der Waals surface area (Å²) in [5.41, 5.74) is 0. The second kappa shape index (κ2) is 6.81. The third-order valence-corrected chi connectivity index (χ3v) is 3.95. The predicted molar refractivity (Wildman–Crippen MR) is 76.8 cm³/mol. The molecule has 0 aliphatic carbocycles. The van der Waals surface area contributed by atoms with Crippen molar-refractivity contribution in [1.29, 1.82) is 0 Å². The molecule has 1 N–H and O–H groups in total. The van der Waals surface area contributed by atoms with E-state index < -0.39 is 0 Å². The minimum atomic E-state index is -0.366. The molecule has 0 bridgehead atoms. The van der Waals surface area contributed by atoms with Crippen molar-refractivity contribution in [2.24, 2.45) is 0 Å². The SMILES string of the molecule is CCN(CCn1c([N+](=O)[O-])cnc1C)CC1CCCN1. The van der Waals surface area contributed by atoms with Gasteiger partial charge in [-0.25, -0.2) is 9.55 Å². The van der Waals surface area contributed by atoms with E-state index in [2.05, 4.69) is 22.1 Å². The molecule has 1 unspecified atom stereocenters. The van der Waals surface area contributed by atoms with E-state index in [9.17, 15) is 10.1 Å². The van der Waals surface area contributed by atoms with E-state index in [1.54, 1.807) is 4.57 Å². The van der Waals surface area contributed by atoms with Gasteiger partial charge in [0.1, 0.15) is 12.7 Å². The van der Waals surface area contributed by atoms with Gasteiger partial charge in [0, 0.05) is 26.1 Å². The Morgan fingerprint density at radius 3 is 3.05 bits per heavy atom. The van der Waals surface area contributed by atoms with Crippen LogP contribution in [0.2, 0.25) is 0 Å². The van der Waals surface area contributed by atoms with Crippen molar-refractivity contribution < 1.29 is 4.92 Å². The average Bonchev–Trinajstić information content (AvgIpc) is 3.04. The first-order valence-electron chi connectivity index (χ1n) is 7.24. The van der Waals surface area contributed by atoms with Crippen LogP contribution in [0.1, 0.15) is 25.6 Å². The molecule has 1 aromatic rings. The van der Waals surface area contributed by atoms with Crippen LogP contribution in [-0.4, -0.2) is 51.6 Å². The van der Waals surface area contributed by atoms with E-state index in [0.717, 1.165) is 26.2 Å². The number of nitro groups is 1. The summed E-state index contributed by atoms with van der Waals surface area (Å²) in [6.45, 7) is 8.44. The van der Waals surface area contributed by atoms with Crippen LogP contribution in [0.5, 0.6) is 0 Å². The molecule has 20 heavy (non-hydrogen) atoms. The zero-order valence-corrected chi connectivity index (χ0v) is 12.2. The fourth-order valence-corrected chi connectivity index (χ4v) is 2.72. The van der Waals surface area contributed by atoms with Gasteiger partial charge in [0.25, 0.3) is 0 Å². The van der Waals surface area contributed by atoms with Crippen LogP contribution in [0.25, 0.3) is 0 Å². The molecule has 0 amide bonds. The summed E-state index contributed by atoms with van der Waals surface area (Å²) in [5, 5.41) is 14.4. The van der Waals surface area contributed by atoms with Crippen LogP contribution < -0.4 is 5.32 Å². The van der Waals surface area contributed by atoms with E-state index in [4.69, 9.17) is 0 Å². The number of rotatable bonds is 7. The normalized spacial score (nSPS) is 18.9. The quantitative estimate of drug-likeness (QED) is 0.600. The number of hydrogen-bond acceptors (Lipinski definition) is 5. The molecule has 1 atom stereocenters. The number of aryl methyl sites for hydroxylation is 1. The summed E-state index contributed by atoms with van der Waals surface area (Å²) in [4.78, 5) is 17.0. The smallest absolute Gasteiger partial charge is 0.342 e. The van der Waals surface area contributed by atoms with E-state index in [0.29, 0.717) is 18.4 Å². The largest absolute Gasteiger partial charge is 0.358 e. The fraction of sp³-hybridized carbons (Fsp3) is 0.769. The lowest BCUT2D eigenvalue weighted by molar-refractivity contribution is -0.392. The predicted octanol–water partition coefficient (Wildman–Crippen LogP) is 1.17. The van der Waals surface area contributed by atoms with Gasteiger partial charge in [0.05, 0.1) is 0 Å². The van der Waals surface area contributed by atoms with Gasteiger partial charge in [-0.2, -0.15) is 0 Å². The van der Waals surface area contributed by atoms with Crippen LogP contribution in [0, 0.1) is 17.0 Å². The van der Waals surface area contributed by atoms with Gasteiger partial charge in [-0.1, -0.05) is 6.92 Å². The molecule has 1 aromatic heterocycles. The lowest BCUT2D eigenvalue weighted by Gasteiger charge is -2.23. The minimum absolute atomic E-state index is 0.0811. The molecule has 112 valence electrons. The van der Waals surface area contributed by atoms with E-state index in [1.165, 1.54) is 19.0 Å². The van der Waals surface area contributed by atoms with Gasteiger partial charge in [-0.3, -0.25) is 4.90 Å². The maximum atomic E-state index is 10.9. The summed E-state index contributed by atoms with van der Waals surface area (Å²) >= 11 is 0. The molecular weight excluding hydrogens is 258 g/mol. The maximum absolute atomic E-state index is 10.9. The second-order valence-corrected chi connectivity index (χ2v) is 5.26. The third-order valence-electron chi connectivity index (χ3n) is 3.95. The number of hydrogen-bond donors (Lipinski definition) is 1. The van der Waals surface area contributed by atoms with Gasteiger partial charge < -0.3 is 15.4 Å². The molecule has 1 fully saturated rings. The molecule has 0 aromatic carbocycles. The molecular formula is C13H23N5O2. The zero-order chi connectivity index (χ0) is 14.5. The van der Waals surface area contributed by atoms with Crippen LogP contribution >= 0.6 is 0 Å². The number of imidazole rings is 1. The first-order chi connectivity index (χ1) is 9.61. The Hall–Kier alpha value is -1.47. The summed E-state index contributed by atoms with van der Waals surface area (Å²) in [6, 6.07) is 0.564. The van der Waals surface area contributed by atoms with Crippen molar-refractivity contribution in [3.05, 3.63) is 22.1 Å². The van der Waals surface area contributed by atoms with Crippen molar-refractivity contribution in [2.75, 3.05) is 26.2 Å². The molecule has 7 nitrogen and oxygen atoms in total. The lowest BCUT2D eigenvalue weighted by Crippen LogP contribution is -2.39. The molecule has 2 heterocycles. The molecule has 1 aliphatic rings. The standard InChI is InChI=1S/C13H23N5O2/c1-3-16(10-12-5-4-6-14-12)7-8-17-11(2)15-9-13(17)18(19)20/h9,12,14H,3-8,10H2,1-2H3. The molecule has 1 saturated heterocycles. The van der Waals surface area contributed by atoms with Gasteiger partial charge >= 0.3 is 5.82 Å². The summed E-state index contributed by atoms with van der Waals surface area (Å²) in [5.74, 6) is 0.782. The molecule has 1 aliphatic heterocycles. The monoisotopic (exact) mass is 281 g/mol. The highest BCUT2D eigenvalue weighted by atomic mass is 16.6. The van der Waals surface area contributed by atoms with Crippen LogP contribution in [0.3, 0.4) is 0 Å². The Bertz CT molecular complexity index is 454. The zero-order valence-electron chi connectivity index (χ0n) is 12.2. The van der Waals surface area contributed by atoms with Crippen molar-refractivity contribution >= 4 is 5.82 Å². The Morgan fingerprint density at radius 2 is 2.45 bits per heavy atom. The van der Waals surface area contributed by atoms with Crippen LogP contribution in [0.15, 0.2) is 6.20 Å². The second-order valence-electron chi connectivity index (χ2n) is 5.26. The number of likely N-dealkylation sites (N-methyl/N-ethyl adjacent to an activating group) is 1. The lowest BCUT2D eigenvalue weighted by atomic mass is 10.2. The van der Waals surface area contributed by atoms with Crippen molar-refractivity contribution in [3.8, 4) is 0 Å². The van der Waals surface area contributed by atoms with Crippen molar-refractivity contribution in [3.63, 3.8) is 0 Å². The molecule has 7 heteroatoms. The van der Waals surface area contributed by atoms with Gasteiger partial charge in [-0.05, 0) is 30.9 Å². The Labute approximate surface area is 119 Å². The number of nitrogens with zero attached hydrogens (tertiary/aromatic N) is 4. The first kappa shape index (κ1) is 14.9. The Kier molecular flexibility index (Phi) is 5.08. The molecule has 0 saturated carbocycles. The minimum Gasteiger partial charge on any atom is -0.358 e.